The van der Waals surface area contributed by atoms with Gasteiger partial charge in [-0.05, 0) is 45.6 Å². The van der Waals surface area contributed by atoms with Crippen molar-refractivity contribution in [3.63, 3.8) is 0 Å². The van der Waals surface area contributed by atoms with Gasteiger partial charge >= 0.3 is 11.9 Å². The van der Waals surface area contributed by atoms with E-state index in [-0.39, 0.29) is 43.0 Å². The first-order valence-electron chi connectivity index (χ1n) is 12.3. The second kappa shape index (κ2) is 6.75. The number of cyclic esters (lactones) is 1. The minimum atomic E-state index is -1.43. The van der Waals surface area contributed by atoms with E-state index in [2.05, 4.69) is 0 Å². The van der Waals surface area contributed by atoms with Gasteiger partial charge in [-0.2, -0.15) is 0 Å². The van der Waals surface area contributed by atoms with Gasteiger partial charge in [-0.15, -0.1) is 0 Å². The van der Waals surface area contributed by atoms with Gasteiger partial charge in [-0.3, -0.25) is 9.59 Å². The highest BCUT2D eigenvalue weighted by Gasteiger charge is 2.87. The number of rotatable bonds is 3. The second-order valence-electron chi connectivity index (χ2n) is 12.1. The molecule has 190 valence electrons. The predicted octanol–water partition coefficient (Wildman–Crippen LogP) is 2.66. The van der Waals surface area contributed by atoms with Crippen LogP contribution in [0.2, 0.25) is 0 Å². The van der Waals surface area contributed by atoms with Crippen LogP contribution in [0.5, 0.6) is 0 Å². The van der Waals surface area contributed by atoms with Gasteiger partial charge in [0.25, 0.3) is 0 Å². The standard InChI is InChI=1S/C26H32O9/c1-22(2)15-9-16(27)24(4)14(25(15)12-33-18(28)10-17(25)34-22)5-7-23(3,19(29)13-6-8-32-11-13)26(24)20(35-26)21(30)31/h6,8,11,14-15,17,19-20,29H,5,7,9-10,12H2,1-4H3,(H,30,31)/t14?,15?,17?,19?,20?,23-,24?,25?,26?/m0/s1. The maximum Gasteiger partial charge on any atom is 0.335 e. The Morgan fingerprint density at radius 2 is 1.86 bits per heavy atom. The molecule has 35 heavy (non-hydrogen) atoms. The smallest absolute Gasteiger partial charge is 0.335 e. The van der Waals surface area contributed by atoms with Gasteiger partial charge in [0.15, 0.2) is 6.10 Å². The van der Waals surface area contributed by atoms with Crippen LogP contribution in [0.4, 0.5) is 0 Å². The zero-order valence-electron chi connectivity index (χ0n) is 20.4. The number of carbonyl (C=O) groups excluding carboxylic acids is 2. The lowest BCUT2D eigenvalue weighted by Crippen LogP contribution is -2.71. The van der Waals surface area contributed by atoms with Crippen molar-refractivity contribution in [1.29, 1.82) is 0 Å². The summed E-state index contributed by atoms with van der Waals surface area (Å²) < 4.78 is 23.4. The van der Waals surface area contributed by atoms with E-state index in [1.807, 2.05) is 27.7 Å². The van der Waals surface area contributed by atoms with Crippen molar-refractivity contribution in [3.8, 4) is 0 Å². The fourth-order valence-corrected chi connectivity index (χ4v) is 8.99. The van der Waals surface area contributed by atoms with Gasteiger partial charge in [-0.25, -0.2) is 4.79 Å². The Morgan fingerprint density at radius 3 is 2.49 bits per heavy atom. The van der Waals surface area contributed by atoms with Crippen molar-refractivity contribution >= 4 is 17.7 Å². The average molecular weight is 489 g/mol. The van der Waals surface area contributed by atoms with Crippen molar-refractivity contribution in [3.05, 3.63) is 24.2 Å². The number of fused-ring (bicyclic) bond motifs is 2. The number of carbonyl (C=O) groups is 3. The third kappa shape index (κ3) is 2.47. The van der Waals surface area contributed by atoms with Gasteiger partial charge in [0.2, 0.25) is 0 Å². The molecule has 1 aromatic heterocycles. The molecule has 4 heterocycles. The number of carboxylic acid groups (broad SMARTS) is 1. The van der Waals surface area contributed by atoms with Gasteiger partial charge < -0.3 is 28.8 Å². The highest BCUT2D eigenvalue weighted by atomic mass is 16.6. The van der Waals surface area contributed by atoms with Gasteiger partial charge in [0.05, 0.1) is 42.2 Å². The monoisotopic (exact) mass is 488 g/mol. The third-order valence-corrected chi connectivity index (χ3v) is 10.6. The summed E-state index contributed by atoms with van der Waals surface area (Å²) >= 11 is 0. The van der Waals surface area contributed by atoms with E-state index in [1.54, 1.807) is 6.07 Å². The number of esters is 1. The number of hydrogen-bond donors (Lipinski definition) is 2. The molecule has 3 aliphatic heterocycles. The number of Topliss-reactive ketones (excluding diaryl/α,β-unsaturated/α-hetero) is 1. The van der Waals surface area contributed by atoms with Gasteiger partial charge in [0, 0.05) is 28.7 Å². The number of aliphatic hydroxyl groups is 1. The molecule has 6 rings (SSSR count). The Balaban J connectivity index is 1.53. The second-order valence-corrected chi connectivity index (χ2v) is 12.1. The van der Waals surface area contributed by atoms with E-state index in [1.165, 1.54) is 12.5 Å². The molecule has 0 radical (unpaired) electrons. The molecule has 0 amide bonds. The van der Waals surface area contributed by atoms with E-state index >= 15 is 0 Å². The van der Waals surface area contributed by atoms with Gasteiger partial charge in [0.1, 0.15) is 18.0 Å². The van der Waals surface area contributed by atoms with Crippen LogP contribution in [0, 0.1) is 28.1 Å². The topological polar surface area (TPSA) is 136 Å². The minimum Gasteiger partial charge on any atom is -0.479 e. The first kappa shape index (κ1) is 23.2. The highest BCUT2D eigenvalue weighted by molar-refractivity contribution is 5.92. The molecule has 0 aromatic carbocycles. The summed E-state index contributed by atoms with van der Waals surface area (Å²) in [6.45, 7) is 7.67. The highest BCUT2D eigenvalue weighted by Crippen LogP contribution is 2.78. The molecular formula is C26H32O9. The SMILES string of the molecule is CC1(C)OC2CC(=O)OCC23C1CC(=O)C1(C)C3CC[C@@](C)(C(O)c2ccoc2)C12OC2C(=O)O. The zero-order valence-corrected chi connectivity index (χ0v) is 20.4. The molecule has 2 aliphatic carbocycles. The number of epoxide rings is 1. The first-order valence-corrected chi connectivity index (χ1v) is 12.3. The summed E-state index contributed by atoms with van der Waals surface area (Å²) in [7, 11) is 0. The van der Waals surface area contributed by atoms with E-state index in [0.29, 0.717) is 18.4 Å². The Morgan fingerprint density at radius 1 is 1.11 bits per heavy atom. The first-order chi connectivity index (χ1) is 16.4. The lowest BCUT2D eigenvalue weighted by atomic mass is 9.37. The van der Waals surface area contributed by atoms with Crippen LogP contribution in [0.3, 0.4) is 0 Å². The molecule has 5 aliphatic rings. The molecule has 9 heteroatoms. The number of aliphatic carboxylic acids is 1. The van der Waals surface area contributed by atoms with Crippen LogP contribution in [0.15, 0.2) is 23.0 Å². The number of hydrogen-bond acceptors (Lipinski definition) is 8. The fraction of sp³-hybridized carbons (Fsp3) is 0.731. The molecule has 1 aromatic rings. The summed E-state index contributed by atoms with van der Waals surface area (Å²) in [5.41, 5.74) is -4.49. The molecule has 3 saturated heterocycles. The summed E-state index contributed by atoms with van der Waals surface area (Å²) in [6, 6.07) is 1.65. The van der Waals surface area contributed by atoms with Crippen LogP contribution in [0.1, 0.15) is 65.0 Å². The number of carboxylic acids is 1. The molecule has 0 bridgehead atoms. The Bertz CT molecular complexity index is 1110. The van der Waals surface area contributed by atoms with E-state index in [9.17, 15) is 24.6 Å². The number of ether oxygens (including phenoxy) is 3. The molecular weight excluding hydrogens is 456 g/mol. The molecule has 8 unspecified atom stereocenters. The van der Waals surface area contributed by atoms with Crippen LogP contribution in [0.25, 0.3) is 0 Å². The Labute approximate surface area is 203 Å². The van der Waals surface area contributed by atoms with Crippen molar-refractivity contribution in [1.82, 2.24) is 0 Å². The molecule has 2 N–H and O–H groups in total. The minimum absolute atomic E-state index is 0.0820. The molecule has 9 nitrogen and oxygen atoms in total. The van der Waals surface area contributed by atoms with Crippen LogP contribution in [-0.2, 0) is 28.6 Å². The number of aliphatic hydroxyl groups excluding tert-OH is 1. The van der Waals surface area contributed by atoms with Gasteiger partial charge in [-0.1, -0.05) is 6.92 Å². The summed E-state index contributed by atoms with van der Waals surface area (Å²) in [6.07, 6.45) is 1.37. The summed E-state index contributed by atoms with van der Waals surface area (Å²) in [5, 5.41) is 21.7. The van der Waals surface area contributed by atoms with Crippen LogP contribution >= 0.6 is 0 Å². The van der Waals surface area contributed by atoms with Crippen LogP contribution < -0.4 is 0 Å². The average Bonchev–Trinajstić information content (AvgIpc) is 3.25. The number of ketones is 1. The summed E-state index contributed by atoms with van der Waals surface area (Å²) in [5.74, 6) is -2.08. The maximum atomic E-state index is 14.2. The number of furan rings is 1. The van der Waals surface area contributed by atoms with Crippen molar-refractivity contribution in [2.24, 2.45) is 28.1 Å². The Kier molecular flexibility index (Phi) is 4.47. The molecule has 5 fully saturated rings. The third-order valence-electron chi connectivity index (χ3n) is 10.6. The van der Waals surface area contributed by atoms with E-state index in [0.717, 1.165) is 0 Å². The molecule has 9 atom stereocenters. The van der Waals surface area contributed by atoms with E-state index in [4.69, 9.17) is 18.6 Å². The maximum absolute atomic E-state index is 14.2. The van der Waals surface area contributed by atoms with Crippen molar-refractivity contribution < 1.29 is 43.2 Å². The fourth-order valence-electron chi connectivity index (χ4n) is 8.99. The lowest BCUT2D eigenvalue weighted by Gasteiger charge is -2.64. The van der Waals surface area contributed by atoms with E-state index < -0.39 is 51.7 Å². The largest absolute Gasteiger partial charge is 0.479 e. The normalized spacial score (nSPS) is 48.5. The lowest BCUT2D eigenvalue weighted by molar-refractivity contribution is -0.218. The van der Waals surface area contributed by atoms with Crippen LogP contribution in [-0.4, -0.2) is 58.0 Å². The van der Waals surface area contributed by atoms with Crippen molar-refractivity contribution in [2.45, 2.75) is 82.9 Å². The zero-order chi connectivity index (χ0) is 25.2. The quantitative estimate of drug-likeness (QED) is 0.486. The summed E-state index contributed by atoms with van der Waals surface area (Å²) in [4.78, 5) is 38.9. The van der Waals surface area contributed by atoms with Crippen molar-refractivity contribution in [2.75, 3.05) is 6.61 Å². The Hall–Kier alpha value is -2.23. The molecule has 2 spiro atoms. The molecule has 2 saturated carbocycles. The predicted molar refractivity (Wildman–Crippen MR) is 118 cm³/mol.